The summed E-state index contributed by atoms with van der Waals surface area (Å²) in [7, 11) is 3.17. The van der Waals surface area contributed by atoms with Crippen molar-refractivity contribution in [3.8, 4) is 0 Å². The molecule has 0 spiro atoms. The fourth-order valence-electron chi connectivity index (χ4n) is 2.66. The number of halogens is 3. The number of piperazine rings is 1. The zero-order chi connectivity index (χ0) is 17.6. The average Bonchev–Trinajstić information content (AvgIpc) is 3.04. The van der Waals surface area contributed by atoms with Gasteiger partial charge in [0.05, 0.1) is 11.5 Å². The summed E-state index contributed by atoms with van der Waals surface area (Å²) in [6, 6.07) is 4.16. The van der Waals surface area contributed by atoms with Crippen LogP contribution in [0.25, 0.3) is 0 Å². The van der Waals surface area contributed by atoms with E-state index in [0.29, 0.717) is 13.1 Å². The summed E-state index contributed by atoms with van der Waals surface area (Å²) < 4.78 is 36.9. The molecule has 1 aliphatic heterocycles. The second-order valence-electron chi connectivity index (χ2n) is 5.75. The number of aliphatic imine (C=N–C) groups is 1. The maximum absolute atomic E-state index is 12.3. The molecule has 0 aromatic carbocycles. The number of hydrogen-bond acceptors (Lipinski definition) is 4. The highest BCUT2D eigenvalue weighted by Crippen LogP contribution is 2.22. The van der Waals surface area contributed by atoms with Gasteiger partial charge in [-0.3, -0.25) is 9.89 Å². The van der Waals surface area contributed by atoms with Crippen molar-refractivity contribution in [3.05, 3.63) is 17.5 Å². The summed E-state index contributed by atoms with van der Waals surface area (Å²) in [4.78, 5) is 9.99. The fourth-order valence-corrected chi connectivity index (χ4v) is 3.45. The summed E-state index contributed by atoms with van der Waals surface area (Å²) in [6.45, 7) is 3.36. The normalized spacial score (nSPS) is 16.8. The summed E-state index contributed by atoms with van der Waals surface area (Å²) >= 11 is 1.73. The second-order valence-corrected chi connectivity index (χ2v) is 6.68. The number of likely N-dealkylation sites (N-methyl/N-ethyl adjacent to an activating group) is 1. The molecule has 0 atom stereocenters. The van der Waals surface area contributed by atoms with Gasteiger partial charge in [-0.2, -0.15) is 13.2 Å². The van der Waals surface area contributed by atoms with Gasteiger partial charge in [0.1, 0.15) is 0 Å². The molecule has 2 rings (SSSR count). The van der Waals surface area contributed by atoms with Crippen molar-refractivity contribution >= 4 is 22.3 Å². The highest BCUT2D eigenvalue weighted by molar-refractivity contribution is 7.14. The van der Waals surface area contributed by atoms with Gasteiger partial charge in [-0.15, -0.1) is 11.3 Å². The number of rotatable bonds is 5. The molecule has 1 saturated heterocycles. The molecule has 9 heteroatoms. The van der Waals surface area contributed by atoms with E-state index in [1.165, 1.54) is 16.9 Å². The number of alkyl halides is 3. The average molecular weight is 363 g/mol. The van der Waals surface area contributed by atoms with Gasteiger partial charge in [0.15, 0.2) is 5.96 Å². The summed E-state index contributed by atoms with van der Waals surface area (Å²) in [5, 5.41) is 6.50. The molecular weight excluding hydrogens is 339 g/mol. The minimum Gasteiger partial charge on any atom is -0.360 e. The minimum atomic E-state index is -4.16. The monoisotopic (exact) mass is 363 g/mol. The first-order valence-electron chi connectivity index (χ1n) is 7.88. The van der Waals surface area contributed by atoms with Crippen molar-refractivity contribution in [1.29, 1.82) is 0 Å². The molecule has 0 bridgehead atoms. The third-order valence-corrected chi connectivity index (χ3v) is 4.76. The van der Waals surface area contributed by atoms with Crippen molar-refractivity contribution in [2.45, 2.75) is 6.18 Å². The largest absolute Gasteiger partial charge is 0.401 e. The topological polar surface area (TPSA) is 34.1 Å². The van der Waals surface area contributed by atoms with E-state index in [0.717, 1.165) is 32.1 Å². The van der Waals surface area contributed by atoms with E-state index in [4.69, 9.17) is 0 Å². The Hall–Kier alpha value is -1.48. The van der Waals surface area contributed by atoms with Gasteiger partial charge in [0.25, 0.3) is 0 Å². The zero-order valence-electron chi connectivity index (χ0n) is 14.0. The molecule has 24 heavy (non-hydrogen) atoms. The van der Waals surface area contributed by atoms with Crippen LogP contribution in [-0.4, -0.2) is 81.8 Å². The molecule has 1 aliphatic rings. The number of guanidine groups is 1. The Labute approximate surface area is 144 Å². The second kappa shape index (κ2) is 8.57. The Morgan fingerprint density at radius 2 is 2.04 bits per heavy atom. The summed E-state index contributed by atoms with van der Waals surface area (Å²) in [5.41, 5.74) is 0. The molecule has 136 valence electrons. The third kappa shape index (κ3) is 5.86. The van der Waals surface area contributed by atoms with Crippen molar-refractivity contribution in [2.75, 3.05) is 64.8 Å². The van der Waals surface area contributed by atoms with Crippen molar-refractivity contribution in [3.63, 3.8) is 0 Å². The number of nitrogens with one attached hydrogen (secondary N) is 1. The predicted molar refractivity (Wildman–Crippen MR) is 93.0 cm³/mol. The Morgan fingerprint density at radius 3 is 2.58 bits per heavy atom. The van der Waals surface area contributed by atoms with Crippen LogP contribution in [-0.2, 0) is 0 Å². The van der Waals surface area contributed by atoms with Crippen molar-refractivity contribution in [2.24, 2.45) is 4.99 Å². The van der Waals surface area contributed by atoms with Crippen LogP contribution in [0.3, 0.4) is 0 Å². The van der Waals surface area contributed by atoms with Gasteiger partial charge < -0.3 is 15.1 Å². The van der Waals surface area contributed by atoms with E-state index in [9.17, 15) is 13.2 Å². The van der Waals surface area contributed by atoms with E-state index in [1.807, 2.05) is 6.07 Å². The highest BCUT2D eigenvalue weighted by Gasteiger charge is 2.29. The first kappa shape index (κ1) is 18.9. The molecule has 1 aromatic rings. The van der Waals surface area contributed by atoms with Crippen LogP contribution in [0, 0.1) is 0 Å². The standard InChI is InChI=1S/C15H24F3N5S/c1-19-14(20-5-6-21(2)12-15(16,17)18)23-9-7-22(8-10-23)13-4-3-11-24-13/h3-4,11H,5-10,12H2,1-2H3,(H,19,20). The quantitative estimate of drug-likeness (QED) is 0.640. The van der Waals surface area contributed by atoms with E-state index < -0.39 is 12.7 Å². The van der Waals surface area contributed by atoms with Gasteiger partial charge >= 0.3 is 6.18 Å². The number of nitrogens with zero attached hydrogens (tertiary/aromatic N) is 4. The minimum absolute atomic E-state index is 0.313. The summed E-state index contributed by atoms with van der Waals surface area (Å²) in [5.74, 6) is 0.751. The van der Waals surface area contributed by atoms with Crippen LogP contribution in [0.1, 0.15) is 0 Å². The third-order valence-electron chi connectivity index (χ3n) is 3.83. The number of anilines is 1. The Balaban J connectivity index is 1.73. The van der Waals surface area contributed by atoms with E-state index in [-0.39, 0.29) is 0 Å². The molecule has 0 aliphatic carbocycles. The lowest BCUT2D eigenvalue weighted by atomic mass is 10.3. The van der Waals surface area contributed by atoms with Gasteiger partial charge in [-0.1, -0.05) is 0 Å². The van der Waals surface area contributed by atoms with Crippen molar-refractivity contribution in [1.82, 2.24) is 15.1 Å². The maximum atomic E-state index is 12.3. The smallest absolute Gasteiger partial charge is 0.360 e. The van der Waals surface area contributed by atoms with E-state index in [2.05, 4.69) is 31.6 Å². The molecular formula is C15H24F3N5S. The fraction of sp³-hybridized carbons (Fsp3) is 0.667. The summed E-state index contributed by atoms with van der Waals surface area (Å²) in [6.07, 6.45) is -4.16. The van der Waals surface area contributed by atoms with Crippen LogP contribution in [0.15, 0.2) is 22.5 Å². The lowest BCUT2D eigenvalue weighted by Gasteiger charge is -2.37. The molecule has 5 nitrogen and oxygen atoms in total. The lowest BCUT2D eigenvalue weighted by molar-refractivity contribution is -0.142. The molecule has 2 heterocycles. The van der Waals surface area contributed by atoms with E-state index in [1.54, 1.807) is 18.4 Å². The molecule has 1 N–H and O–H groups in total. The Morgan fingerprint density at radius 1 is 1.33 bits per heavy atom. The Bertz CT molecular complexity index is 510. The maximum Gasteiger partial charge on any atom is 0.401 e. The molecule has 0 saturated carbocycles. The molecule has 1 aromatic heterocycles. The zero-order valence-corrected chi connectivity index (χ0v) is 14.8. The molecule has 0 amide bonds. The van der Waals surface area contributed by atoms with Gasteiger partial charge in [-0.05, 0) is 24.6 Å². The van der Waals surface area contributed by atoms with Crippen LogP contribution in [0.2, 0.25) is 0 Å². The molecule has 0 unspecified atom stereocenters. The molecule has 1 fully saturated rings. The van der Waals surface area contributed by atoms with Crippen LogP contribution in [0.5, 0.6) is 0 Å². The van der Waals surface area contributed by atoms with E-state index >= 15 is 0 Å². The lowest BCUT2D eigenvalue weighted by Crippen LogP contribution is -2.53. The van der Waals surface area contributed by atoms with Crippen LogP contribution >= 0.6 is 11.3 Å². The number of thiophene rings is 1. The van der Waals surface area contributed by atoms with Crippen LogP contribution < -0.4 is 10.2 Å². The van der Waals surface area contributed by atoms with Crippen molar-refractivity contribution < 1.29 is 13.2 Å². The number of hydrogen-bond donors (Lipinski definition) is 1. The van der Waals surface area contributed by atoms with Gasteiger partial charge in [0, 0.05) is 46.3 Å². The first-order chi connectivity index (χ1) is 11.4. The van der Waals surface area contributed by atoms with Gasteiger partial charge in [-0.25, -0.2) is 0 Å². The van der Waals surface area contributed by atoms with Gasteiger partial charge in [0.2, 0.25) is 0 Å². The van der Waals surface area contributed by atoms with Crippen LogP contribution in [0.4, 0.5) is 18.2 Å². The highest BCUT2D eigenvalue weighted by atomic mass is 32.1. The predicted octanol–water partition coefficient (Wildman–Crippen LogP) is 1.94. The Kier molecular flexibility index (Phi) is 6.73. The first-order valence-corrected chi connectivity index (χ1v) is 8.76. The SMILES string of the molecule is CN=C(NCCN(C)CC(F)(F)F)N1CCN(c2cccs2)CC1. The molecule has 0 radical (unpaired) electrons.